The lowest BCUT2D eigenvalue weighted by atomic mass is 10.3. The Kier molecular flexibility index (Phi) is 4.50. The second-order valence-electron chi connectivity index (χ2n) is 1.42. The van der Waals surface area contributed by atoms with Crippen molar-refractivity contribution in [1.29, 1.82) is 0 Å². The second kappa shape index (κ2) is 4.74. The number of ether oxygens (including phenoxy) is 1. The molecule has 0 bridgehead atoms. The van der Waals surface area contributed by atoms with Crippen molar-refractivity contribution >= 4 is 6.29 Å². The molecule has 0 unspecified atom stereocenters. The van der Waals surface area contributed by atoms with E-state index < -0.39 is 6.10 Å². The summed E-state index contributed by atoms with van der Waals surface area (Å²) in [5.41, 5.74) is 0. The number of hydrogen-bond donors (Lipinski definition) is 1. The minimum atomic E-state index is -0.431. The molecule has 0 fully saturated rings. The molecule has 0 aromatic rings. The summed E-state index contributed by atoms with van der Waals surface area (Å²) in [5, 5.41) is 8.26. The summed E-state index contributed by atoms with van der Waals surface area (Å²) in [4.78, 5) is 9.89. The van der Waals surface area contributed by atoms with Crippen molar-refractivity contribution in [3.05, 3.63) is 0 Å². The highest BCUT2D eigenvalue weighted by atomic mass is 16.5. The highest BCUT2D eigenvalue weighted by Gasteiger charge is 2.01. The molecule has 0 amide bonds. The van der Waals surface area contributed by atoms with Gasteiger partial charge in [0.2, 0.25) is 0 Å². The van der Waals surface area contributed by atoms with Gasteiger partial charge in [-0.2, -0.15) is 0 Å². The largest absolute Gasteiger partial charge is 0.396 e. The zero-order valence-electron chi connectivity index (χ0n) is 4.83. The number of methoxy groups -OCH3 is 1. The third kappa shape index (κ3) is 2.71. The predicted molar refractivity (Wildman–Crippen MR) is 28.6 cm³/mol. The maximum atomic E-state index is 9.89. The molecule has 0 spiro atoms. The van der Waals surface area contributed by atoms with Gasteiger partial charge in [0.05, 0.1) is 0 Å². The number of aliphatic hydroxyl groups is 1. The molecule has 0 aliphatic carbocycles. The molecule has 0 saturated heterocycles. The third-order valence-electron chi connectivity index (χ3n) is 0.868. The van der Waals surface area contributed by atoms with Crippen LogP contribution in [0, 0.1) is 0 Å². The molecular formula is C5H10O3. The van der Waals surface area contributed by atoms with Gasteiger partial charge in [-0.05, 0) is 0 Å². The smallest absolute Gasteiger partial charge is 0.148 e. The molecule has 48 valence electrons. The molecule has 3 nitrogen and oxygen atoms in total. The topological polar surface area (TPSA) is 46.5 Å². The summed E-state index contributed by atoms with van der Waals surface area (Å²) >= 11 is 0. The van der Waals surface area contributed by atoms with Gasteiger partial charge >= 0.3 is 0 Å². The highest BCUT2D eigenvalue weighted by molar-refractivity contribution is 5.55. The first kappa shape index (κ1) is 7.59. The predicted octanol–water partition coefficient (Wildman–Crippen LogP) is -0.417. The molecule has 8 heavy (non-hydrogen) atoms. The maximum absolute atomic E-state index is 9.89. The van der Waals surface area contributed by atoms with Crippen LogP contribution in [0.4, 0.5) is 0 Å². The molecule has 0 aromatic heterocycles. The second-order valence-corrected chi connectivity index (χ2v) is 1.42. The van der Waals surface area contributed by atoms with E-state index in [1.807, 2.05) is 0 Å². The van der Waals surface area contributed by atoms with E-state index in [-0.39, 0.29) is 6.61 Å². The first-order valence-corrected chi connectivity index (χ1v) is 2.44. The SMILES string of the molecule is CO[C@@H](C=O)CCO. The van der Waals surface area contributed by atoms with Crippen molar-refractivity contribution < 1.29 is 14.6 Å². The lowest BCUT2D eigenvalue weighted by Gasteiger charge is -2.02. The van der Waals surface area contributed by atoms with Crippen LogP contribution in [0.25, 0.3) is 0 Å². The lowest BCUT2D eigenvalue weighted by molar-refractivity contribution is -0.117. The number of aldehydes is 1. The van der Waals surface area contributed by atoms with Gasteiger partial charge in [0.15, 0.2) is 0 Å². The van der Waals surface area contributed by atoms with E-state index in [4.69, 9.17) is 5.11 Å². The quantitative estimate of drug-likeness (QED) is 0.510. The Balaban J connectivity index is 3.21. The fraction of sp³-hybridized carbons (Fsp3) is 0.800. The molecule has 0 heterocycles. The Morgan fingerprint density at radius 1 is 1.88 bits per heavy atom. The van der Waals surface area contributed by atoms with Crippen LogP contribution in [0.1, 0.15) is 6.42 Å². The van der Waals surface area contributed by atoms with Crippen molar-refractivity contribution in [3.63, 3.8) is 0 Å². The molecule has 0 radical (unpaired) electrons. The van der Waals surface area contributed by atoms with E-state index in [2.05, 4.69) is 4.74 Å². The van der Waals surface area contributed by atoms with E-state index in [1.54, 1.807) is 0 Å². The average Bonchev–Trinajstić information content (AvgIpc) is 1.83. The normalized spacial score (nSPS) is 13.2. The van der Waals surface area contributed by atoms with E-state index in [0.29, 0.717) is 12.7 Å². The van der Waals surface area contributed by atoms with E-state index in [9.17, 15) is 4.79 Å². The van der Waals surface area contributed by atoms with Gasteiger partial charge in [-0.15, -0.1) is 0 Å². The van der Waals surface area contributed by atoms with Crippen molar-refractivity contribution in [2.45, 2.75) is 12.5 Å². The summed E-state index contributed by atoms with van der Waals surface area (Å²) in [7, 11) is 1.44. The number of carbonyl (C=O) groups excluding carboxylic acids is 1. The molecule has 1 atom stereocenters. The molecule has 0 saturated carbocycles. The van der Waals surface area contributed by atoms with Crippen LogP contribution >= 0.6 is 0 Å². The third-order valence-corrected chi connectivity index (χ3v) is 0.868. The van der Waals surface area contributed by atoms with Gasteiger partial charge in [0, 0.05) is 20.1 Å². The molecule has 0 rings (SSSR count). The Bertz CT molecular complexity index is 62.7. The molecule has 3 heteroatoms. The van der Waals surface area contributed by atoms with Crippen LogP contribution in [-0.4, -0.2) is 31.2 Å². The standard InChI is InChI=1S/C5H10O3/c1-8-5(4-7)2-3-6/h4-6H,2-3H2,1H3/t5-/m1/s1. The average molecular weight is 118 g/mol. The van der Waals surface area contributed by atoms with E-state index >= 15 is 0 Å². The number of hydrogen-bond acceptors (Lipinski definition) is 3. The van der Waals surface area contributed by atoms with Gasteiger partial charge < -0.3 is 14.6 Å². The lowest BCUT2D eigenvalue weighted by Crippen LogP contribution is -2.13. The number of aliphatic hydroxyl groups excluding tert-OH is 1. The molecule has 0 aromatic carbocycles. The Morgan fingerprint density at radius 2 is 2.50 bits per heavy atom. The summed E-state index contributed by atoms with van der Waals surface area (Å²) in [6, 6.07) is 0. The number of rotatable bonds is 4. The van der Waals surface area contributed by atoms with Gasteiger partial charge in [-0.1, -0.05) is 0 Å². The summed E-state index contributed by atoms with van der Waals surface area (Å²) in [6.45, 7) is -0.00273. The molecule has 1 N–H and O–H groups in total. The minimum Gasteiger partial charge on any atom is -0.396 e. The molecule has 0 aliphatic heterocycles. The van der Waals surface area contributed by atoms with E-state index in [0.717, 1.165) is 0 Å². The van der Waals surface area contributed by atoms with Gasteiger partial charge in [-0.25, -0.2) is 0 Å². The first-order valence-electron chi connectivity index (χ1n) is 2.44. The van der Waals surface area contributed by atoms with Crippen LogP contribution in [0.5, 0.6) is 0 Å². The van der Waals surface area contributed by atoms with Gasteiger partial charge in [0.25, 0.3) is 0 Å². The van der Waals surface area contributed by atoms with Crippen LogP contribution in [0.2, 0.25) is 0 Å². The summed E-state index contributed by atoms with van der Waals surface area (Å²) in [6.07, 6.45) is 0.635. The van der Waals surface area contributed by atoms with Gasteiger partial charge in [0.1, 0.15) is 12.4 Å². The van der Waals surface area contributed by atoms with E-state index in [1.165, 1.54) is 7.11 Å². The van der Waals surface area contributed by atoms with Crippen LogP contribution in [-0.2, 0) is 9.53 Å². The molecular weight excluding hydrogens is 108 g/mol. The van der Waals surface area contributed by atoms with Crippen LogP contribution in [0.15, 0.2) is 0 Å². The first-order chi connectivity index (χ1) is 3.85. The zero-order valence-corrected chi connectivity index (χ0v) is 4.83. The monoisotopic (exact) mass is 118 g/mol. The summed E-state index contributed by atoms with van der Waals surface area (Å²) in [5.74, 6) is 0. The van der Waals surface area contributed by atoms with Crippen LogP contribution < -0.4 is 0 Å². The highest BCUT2D eigenvalue weighted by Crippen LogP contribution is 1.89. The minimum absolute atomic E-state index is 0.00273. The maximum Gasteiger partial charge on any atom is 0.148 e. The Labute approximate surface area is 48.3 Å². The van der Waals surface area contributed by atoms with Crippen molar-refractivity contribution in [3.8, 4) is 0 Å². The van der Waals surface area contributed by atoms with Crippen molar-refractivity contribution in [2.75, 3.05) is 13.7 Å². The Morgan fingerprint density at radius 3 is 2.62 bits per heavy atom. The number of carbonyl (C=O) groups is 1. The Hall–Kier alpha value is -0.410. The fourth-order valence-corrected chi connectivity index (χ4v) is 0.369. The van der Waals surface area contributed by atoms with Gasteiger partial charge in [-0.3, -0.25) is 0 Å². The molecule has 0 aliphatic rings. The fourth-order valence-electron chi connectivity index (χ4n) is 0.369. The van der Waals surface area contributed by atoms with Crippen molar-refractivity contribution in [2.24, 2.45) is 0 Å². The summed E-state index contributed by atoms with van der Waals surface area (Å²) < 4.78 is 4.61. The zero-order chi connectivity index (χ0) is 6.41. The van der Waals surface area contributed by atoms with Crippen LogP contribution in [0.3, 0.4) is 0 Å². The van der Waals surface area contributed by atoms with Crippen molar-refractivity contribution in [1.82, 2.24) is 0 Å².